The second-order valence-corrected chi connectivity index (χ2v) is 9.63. The molecule has 8 heteroatoms. The molecule has 3 atom stereocenters. The molecule has 7 nitrogen and oxygen atoms in total. The van der Waals surface area contributed by atoms with Crippen molar-refractivity contribution in [3.8, 4) is 11.4 Å². The Kier molecular flexibility index (Phi) is 6.79. The van der Waals surface area contributed by atoms with E-state index in [9.17, 15) is 0 Å². The summed E-state index contributed by atoms with van der Waals surface area (Å²) in [5, 5.41) is 1.74. The predicted octanol–water partition coefficient (Wildman–Crippen LogP) is 3.82. The molecule has 1 saturated heterocycles. The highest BCUT2D eigenvalue weighted by atomic mass is 32.2. The summed E-state index contributed by atoms with van der Waals surface area (Å²) in [5.74, 6) is 2.33. The van der Waals surface area contributed by atoms with Crippen LogP contribution in [-0.4, -0.2) is 63.3 Å². The number of anilines is 1. The van der Waals surface area contributed by atoms with E-state index in [2.05, 4.69) is 34.1 Å². The Hall–Kier alpha value is -2.16. The summed E-state index contributed by atoms with van der Waals surface area (Å²) in [7, 11) is 0. The first-order chi connectivity index (χ1) is 15.0. The molecule has 166 valence electrons. The van der Waals surface area contributed by atoms with Crippen molar-refractivity contribution < 1.29 is 4.74 Å². The second-order valence-electron chi connectivity index (χ2n) is 8.55. The highest BCUT2D eigenvalue weighted by molar-refractivity contribution is 7.99. The van der Waals surface area contributed by atoms with Crippen LogP contribution in [0.5, 0.6) is 0 Å². The number of morpholine rings is 1. The van der Waals surface area contributed by atoms with Crippen LogP contribution in [0.1, 0.15) is 38.8 Å². The zero-order chi connectivity index (χ0) is 22.0. The fourth-order valence-corrected chi connectivity index (χ4v) is 4.74. The van der Waals surface area contributed by atoms with Gasteiger partial charge in [-0.25, -0.2) is 15.0 Å². The molecule has 3 aromatic rings. The largest absolute Gasteiger partial charge is 0.377 e. The van der Waals surface area contributed by atoms with E-state index in [4.69, 9.17) is 20.4 Å². The number of nitrogens with two attached hydrogens (primary N) is 1. The fourth-order valence-electron chi connectivity index (χ4n) is 3.88. The van der Waals surface area contributed by atoms with E-state index in [1.165, 1.54) is 6.42 Å². The van der Waals surface area contributed by atoms with E-state index in [1.807, 2.05) is 50.1 Å². The van der Waals surface area contributed by atoms with E-state index >= 15 is 0 Å². The number of rotatable bonds is 4. The highest BCUT2D eigenvalue weighted by Crippen LogP contribution is 2.48. The quantitative estimate of drug-likeness (QED) is 0.637. The molecule has 0 bridgehead atoms. The Labute approximate surface area is 188 Å². The Morgan fingerprint density at radius 2 is 2.10 bits per heavy atom. The van der Waals surface area contributed by atoms with Gasteiger partial charge >= 0.3 is 0 Å². The Balaban J connectivity index is 0.000000535. The highest BCUT2D eigenvalue weighted by Gasteiger charge is 2.39. The van der Waals surface area contributed by atoms with Crippen LogP contribution in [0.4, 0.5) is 5.82 Å². The lowest BCUT2D eigenvalue weighted by Gasteiger charge is -2.34. The SMILES string of the molecule is CC(C)N.CSC1CC1c1cc(N2CCOCC2C)nc(-c2ccnc3[nH]ccc23)n1. The second kappa shape index (κ2) is 9.54. The lowest BCUT2D eigenvalue weighted by atomic mass is 10.1. The summed E-state index contributed by atoms with van der Waals surface area (Å²) in [6.07, 6.45) is 7.12. The molecule has 5 rings (SSSR count). The first-order valence-corrected chi connectivity index (χ1v) is 12.2. The van der Waals surface area contributed by atoms with E-state index in [1.54, 1.807) is 0 Å². The van der Waals surface area contributed by atoms with E-state index in [0.717, 1.165) is 53.7 Å². The molecule has 0 aromatic carbocycles. The van der Waals surface area contributed by atoms with Crippen LogP contribution in [0.2, 0.25) is 0 Å². The Bertz CT molecular complexity index is 1020. The molecule has 3 unspecified atom stereocenters. The predicted molar refractivity (Wildman–Crippen MR) is 129 cm³/mol. The van der Waals surface area contributed by atoms with Gasteiger partial charge in [0.25, 0.3) is 0 Å². The molecule has 0 amide bonds. The number of aromatic amines is 1. The van der Waals surface area contributed by atoms with Crippen molar-refractivity contribution >= 4 is 28.6 Å². The molecule has 1 aliphatic carbocycles. The van der Waals surface area contributed by atoms with Gasteiger partial charge in [-0.15, -0.1) is 0 Å². The van der Waals surface area contributed by atoms with E-state index in [-0.39, 0.29) is 0 Å². The molecule has 1 saturated carbocycles. The molecule has 31 heavy (non-hydrogen) atoms. The van der Waals surface area contributed by atoms with Crippen molar-refractivity contribution in [1.82, 2.24) is 19.9 Å². The number of ether oxygens (including phenoxy) is 1. The van der Waals surface area contributed by atoms with Crippen molar-refractivity contribution in [2.45, 2.75) is 50.4 Å². The van der Waals surface area contributed by atoms with Gasteiger partial charge in [-0.2, -0.15) is 11.8 Å². The number of fused-ring (bicyclic) bond motifs is 1. The molecule has 3 aromatic heterocycles. The fraction of sp³-hybridized carbons (Fsp3) is 0.522. The number of aromatic nitrogens is 4. The average molecular weight is 441 g/mol. The third-order valence-corrected chi connectivity index (χ3v) is 6.64. The maximum atomic E-state index is 5.62. The van der Waals surface area contributed by atoms with Crippen LogP contribution in [-0.2, 0) is 4.74 Å². The molecular weight excluding hydrogens is 408 g/mol. The Morgan fingerprint density at radius 3 is 2.81 bits per heavy atom. The summed E-state index contributed by atoms with van der Waals surface area (Å²) >= 11 is 1.93. The summed E-state index contributed by atoms with van der Waals surface area (Å²) in [4.78, 5) is 19.9. The summed E-state index contributed by atoms with van der Waals surface area (Å²) < 4.78 is 5.62. The normalized spacial score (nSPS) is 23.0. The van der Waals surface area contributed by atoms with Gasteiger partial charge in [0, 0.05) is 47.1 Å². The van der Waals surface area contributed by atoms with Crippen molar-refractivity contribution in [3.63, 3.8) is 0 Å². The molecule has 3 N–H and O–H groups in total. The minimum Gasteiger partial charge on any atom is -0.377 e. The van der Waals surface area contributed by atoms with Gasteiger partial charge in [-0.3, -0.25) is 0 Å². The number of nitrogens with zero attached hydrogens (tertiary/aromatic N) is 4. The topological polar surface area (TPSA) is 93.0 Å². The van der Waals surface area contributed by atoms with Crippen LogP contribution in [0.25, 0.3) is 22.4 Å². The number of pyridine rings is 1. The van der Waals surface area contributed by atoms with E-state index in [0.29, 0.717) is 23.3 Å². The number of hydrogen-bond donors (Lipinski definition) is 2. The first kappa shape index (κ1) is 22.0. The minimum absolute atomic E-state index is 0.314. The lowest BCUT2D eigenvalue weighted by molar-refractivity contribution is 0.0985. The number of nitrogens with one attached hydrogen (secondary N) is 1. The number of thioether (sulfide) groups is 1. The molecule has 0 spiro atoms. The molecule has 4 heterocycles. The summed E-state index contributed by atoms with van der Waals surface area (Å²) in [6.45, 7) is 8.43. The molecular formula is C23H32N6OS. The molecule has 2 fully saturated rings. The number of H-pyrrole nitrogens is 1. The smallest absolute Gasteiger partial charge is 0.162 e. The van der Waals surface area contributed by atoms with Gasteiger partial charge in [-0.05, 0) is 37.8 Å². The molecule has 2 aliphatic rings. The zero-order valence-corrected chi connectivity index (χ0v) is 19.5. The Morgan fingerprint density at radius 1 is 1.29 bits per heavy atom. The van der Waals surface area contributed by atoms with Crippen LogP contribution in [0.3, 0.4) is 0 Å². The van der Waals surface area contributed by atoms with Crippen LogP contribution >= 0.6 is 11.8 Å². The average Bonchev–Trinajstić information content (AvgIpc) is 3.39. The minimum atomic E-state index is 0.314. The van der Waals surface area contributed by atoms with Gasteiger partial charge in [0.1, 0.15) is 11.5 Å². The maximum absolute atomic E-state index is 5.62. The van der Waals surface area contributed by atoms with Gasteiger partial charge in [0.05, 0.1) is 24.9 Å². The van der Waals surface area contributed by atoms with Crippen molar-refractivity contribution in [1.29, 1.82) is 0 Å². The number of hydrogen-bond acceptors (Lipinski definition) is 7. The van der Waals surface area contributed by atoms with Gasteiger partial charge in [0.2, 0.25) is 0 Å². The lowest BCUT2D eigenvalue weighted by Crippen LogP contribution is -2.44. The van der Waals surface area contributed by atoms with Crippen LogP contribution in [0, 0.1) is 0 Å². The molecule has 1 aliphatic heterocycles. The van der Waals surface area contributed by atoms with Crippen LogP contribution < -0.4 is 10.6 Å². The van der Waals surface area contributed by atoms with Gasteiger partial charge in [0.15, 0.2) is 5.82 Å². The molecule has 0 radical (unpaired) electrons. The third kappa shape index (κ3) is 5.02. The van der Waals surface area contributed by atoms with Crippen molar-refractivity contribution in [3.05, 3.63) is 36.3 Å². The third-order valence-electron chi connectivity index (χ3n) is 5.51. The van der Waals surface area contributed by atoms with Crippen molar-refractivity contribution in [2.75, 3.05) is 30.9 Å². The zero-order valence-electron chi connectivity index (χ0n) is 18.7. The van der Waals surface area contributed by atoms with Crippen molar-refractivity contribution in [2.24, 2.45) is 5.73 Å². The monoisotopic (exact) mass is 440 g/mol. The first-order valence-electron chi connectivity index (χ1n) is 10.9. The summed E-state index contributed by atoms with van der Waals surface area (Å²) in [6, 6.07) is 6.91. The summed E-state index contributed by atoms with van der Waals surface area (Å²) in [5.41, 5.74) is 8.18. The van der Waals surface area contributed by atoms with E-state index < -0.39 is 0 Å². The van der Waals surface area contributed by atoms with Gasteiger partial charge in [-0.1, -0.05) is 13.8 Å². The van der Waals surface area contributed by atoms with Crippen LogP contribution in [0.15, 0.2) is 30.6 Å². The van der Waals surface area contributed by atoms with Gasteiger partial charge < -0.3 is 20.4 Å². The standard InChI is InChI=1S/C20H23N5OS.C3H9N/c1-12-11-26-8-7-25(12)18-10-16(15-9-17(15)27-2)23-20(24-18)14-4-6-22-19-13(14)3-5-21-19;1-3(2)4/h3-6,10,12,15,17H,7-9,11H2,1-2H3,(H,21,22);3H,4H2,1-2H3. The maximum Gasteiger partial charge on any atom is 0.162 e.